The highest BCUT2D eigenvalue weighted by Gasteiger charge is 2.31. The molecule has 1 aliphatic rings. The summed E-state index contributed by atoms with van der Waals surface area (Å²) < 4.78 is 38.8. The Balaban J connectivity index is 0.00000308. The normalized spacial score (nSPS) is 15.3. The van der Waals surface area contributed by atoms with E-state index < -0.39 is 29.9 Å². The number of hydrogen-bond acceptors (Lipinski definition) is 2. The van der Waals surface area contributed by atoms with Crippen molar-refractivity contribution >= 4 is 17.7 Å². The summed E-state index contributed by atoms with van der Waals surface area (Å²) in [5, 5.41) is 11.7. The van der Waals surface area contributed by atoms with Crippen LogP contribution in [0.15, 0.2) is 84.9 Å². The summed E-state index contributed by atoms with van der Waals surface area (Å²) in [7, 11) is 0. The molecule has 0 spiro atoms. The van der Waals surface area contributed by atoms with Gasteiger partial charge in [-0.15, -0.1) is 0 Å². The zero-order valence-corrected chi connectivity index (χ0v) is 23.6. The third-order valence-corrected chi connectivity index (χ3v) is 6.94. The average Bonchev–Trinajstić information content (AvgIpc) is 2.93. The van der Waals surface area contributed by atoms with Crippen molar-refractivity contribution in [3.63, 3.8) is 0 Å². The fourth-order valence-corrected chi connectivity index (χ4v) is 4.88. The van der Waals surface area contributed by atoms with E-state index in [1.54, 1.807) is 0 Å². The van der Waals surface area contributed by atoms with Gasteiger partial charge in [0.2, 0.25) is 0 Å². The number of carbonyl (C=O) groups excluding carboxylic acids is 2. The maximum Gasteiger partial charge on any atom is 0.416 e. The lowest BCUT2D eigenvalue weighted by atomic mass is 9.93. The van der Waals surface area contributed by atoms with Crippen LogP contribution in [0.2, 0.25) is 0 Å². The quantitative estimate of drug-likeness (QED) is 0.226. The Labute approximate surface area is 247 Å². The van der Waals surface area contributed by atoms with Crippen LogP contribution in [0, 0.1) is 20.9 Å². The van der Waals surface area contributed by atoms with Crippen LogP contribution in [0.5, 0.6) is 0 Å². The number of amides is 4. The molecule has 9 heteroatoms. The molecule has 1 fully saturated rings. The molecule has 1 saturated carbocycles. The number of urea groups is 2. The Morgan fingerprint density at radius 1 is 0.595 bits per heavy atom. The van der Waals surface area contributed by atoms with Crippen molar-refractivity contribution in [1.29, 1.82) is 0 Å². The smallest absolute Gasteiger partial charge is 0.330 e. The molecule has 2 atom stereocenters. The average molecular weight is 580 g/mol. The summed E-state index contributed by atoms with van der Waals surface area (Å²) >= 11 is 0. The van der Waals surface area contributed by atoms with Gasteiger partial charge in [0.05, 0.1) is 23.7 Å². The minimum absolute atomic E-state index is 0. The van der Waals surface area contributed by atoms with Gasteiger partial charge in [-0.1, -0.05) is 108 Å². The second kappa shape index (κ2) is 16.4. The molecule has 0 aliphatic heterocycles. The number of benzene rings is 3. The van der Waals surface area contributed by atoms with Gasteiger partial charge in [-0.25, -0.2) is 9.59 Å². The standard InChI is InChI=1S/C31H34F3N4O2.2CH2/c32-31(33,34)24-18-20-26(21-19-24)36-30(40)38-28(23-14-8-5-9-15-23)27(22-12-6-4-7-13-22)37-29(39)35-25-16-10-2-1-3-11-17-25;;/h4-9,12-15,18-21,27-28H,1-3,10-11,16-17H2,(H2,35,37,39)(H2,36,38,40);2*1H2. The molecular formula is C33H38F3N4O2. The van der Waals surface area contributed by atoms with Crippen molar-refractivity contribution in [3.05, 3.63) is 123 Å². The molecule has 5 radical (unpaired) electrons. The number of alkyl halides is 3. The van der Waals surface area contributed by atoms with Crippen molar-refractivity contribution in [2.24, 2.45) is 0 Å². The minimum atomic E-state index is -4.47. The number of carbonyl (C=O) groups is 2. The number of nitrogens with one attached hydrogen (secondary N) is 4. The summed E-state index contributed by atoms with van der Waals surface area (Å²) in [4.78, 5) is 26.4. The lowest BCUT2D eigenvalue weighted by molar-refractivity contribution is -0.137. The van der Waals surface area contributed by atoms with Gasteiger partial charge >= 0.3 is 18.2 Å². The van der Waals surface area contributed by atoms with Gasteiger partial charge in [-0.2, -0.15) is 13.2 Å². The summed E-state index contributed by atoms with van der Waals surface area (Å²) in [6.07, 6.45) is 2.81. The minimum Gasteiger partial charge on any atom is -0.330 e. The second-order valence-electron chi connectivity index (χ2n) is 9.92. The lowest BCUT2D eigenvalue weighted by Crippen LogP contribution is -2.46. The van der Waals surface area contributed by atoms with E-state index >= 15 is 0 Å². The SMILES string of the molecule is O=C(N[C]1CCCCCCC1)NC(c1ccccc1)C(NC(=O)Nc1ccc(C(F)(F)F)cc1)c1ccccc1.[CH2].[CH2]. The molecule has 223 valence electrons. The van der Waals surface area contributed by atoms with Gasteiger partial charge in [-0.05, 0) is 48.2 Å². The Kier molecular flexibility index (Phi) is 13.4. The van der Waals surface area contributed by atoms with Gasteiger partial charge in [-0.3, -0.25) is 0 Å². The molecule has 1 aliphatic carbocycles. The Hall–Kier alpha value is -4.01. The Bertz CT molecular complexity index is 1210. The predicted molar refractivity (Wildman–Crippen MR) is 160 cm³/mol. The van der Waals surface area contributed by atoms with Gasteiger partial charge in [0, 0.05) is 5.69 Å². The van der Waals surface area contributed by atoms with Gasteiger partial charge < -0.3 is 21.3 Å². The Morgan fingerprint density at radius 2 is 1.02 bits per heavy atom. The van der Waals surface area contributed by atoms with Gasteiger partial charge in [0.1, 0.15) is 0 Å². The van der Waals surface area contributed by atoms with Gasteiger partial charge in [0.15, 0.2) is 0 Å². The fourth-order valence-electron chi connectivity index (χ4n) is 4.88. The Morgan fingerprint density at radius 3 is 1.48 bits per heavy atom. The summed E-state index contributed by atoms with van der Waals surface area (Å²) in [6, 6.07) is 21.5. The molecule has 4 rings (SSSR count). The molecule has 42 heavy (non-hydrogen) atoms. The topological polar surface area (TPSA) is 82.3 Å². The van der Waals surface area contributed by atoms with E-state index in [0.29, 0.717) is 0 Å². The fraction of sp³-hybridized carbons (Fsp3) is 0.303. The van der Waals surface area contributed by atoms with E-state index in [1.165, 1.54) is 18.6 Å². The highest BCUT2D eigenvalue weighted by Crippen LogP contribution is 2.31. The molecule has 6 nitrogen and oxygen atoms in total. The van der Waals surface area contributed by atoms with Gasteiger partial charge in [0.25, 0.3) is 0 Å². The number of hydrogen-bond donors (Lipinski definition) is 4. The van der Waals surface area contributed by atoms with E-state index in [0.717, 1.165) is 67.8 Å². The van der Waals surface area contributed by atoms with E-state index in [2.05, 4.69) is 21.3 Å². The number of anilines is 1. The molecule has 3 aromatic rings. The zero-order valence-electron chi connectivity index (χ0n) is 23.6. The second-order valence-corrected chi connectivity index (χ2v) is 9.92. The monoisotopic (exact) mass is 579 g/mol. The zero-order chi connectivity index (χ0) is 28.4. The molecule has 0 heterocycles. The van der Waals surface area contributed by atoms with E-state index in [9.17, 15) is 22.8 Å². The maximum atomic E-state index is 13.3. The van der Waals surface area contributed by atoms with E-state index in [-0.39, 0.29) is 26.6 Å². The molecular weight excluding hydrogens is 541 g/mol. The highest BCUT2D eigenvalue weighted by atomic mass is 19.4. The third kappa shape index (κ3) is 10.1. The highest BCUT2D eigenvalue weighted by molar-refractivity contribution is 5.89. The molecule has 0 saturated heterocycles. The van der Waals surface area contributed by atoms with Crippen molar-refractivity contribution in [1.82, 2.24) is 16.0 Å². The van der Waals surface area contributed by atoms with Crippen molar-refractivity contribution in [2.45, 2.75) is 63.2 Å². The summed E-state index contributed by atoms with van der Waals surface area (Å²) in [5.41, 5.74) is 0.934. The van der Waals surface area contributed by atoms with Crippen molar-refractivity contribution in [2.75, 3.05) is 5.32 Å². The van der Waals surface area contributed by atoms with Crippen molar-refractivity contribution < 1.29 is 22.8 Å². The van der Waals surface area contributed by atoms with Crippen molar-refractivity contribution in [3.8, 4) is 0 Å². The number of halogens is 3. The van der Waals surface area contributed by atoms with Crippen LogP contribution in [0.25, 0.3) is 0 Å². The first kappa shape index (κ1) is 34.2. The number of rotatable bonds is 7. The molecule has 0 aromatic heterocycles. The van der Waals surface area contributed by atoms with E-state index in [4.69, 9.17) is 0 Å². The van der Waals surface area contributed by atoms with Crippen LogP contribution in [-0.2, 0) is 6.18 Å². The predicted octanol–water partition coefficient (Wildman–Crippen LogP) is 8.54. The first-order valence-corrected chi connectivity index (χ1v) is 13.6. The van der Waals surface area contributed by atoms with E-state index in [1.807, 2.05) is 60.7 Å². The van der Waals surface area contributed by atoms with Crippen LogP contribution < -0.4 is 21.3 Å². The van der Waals surface area contributed by atoms with Crippen LogP contribution >= 0.6 is 0 Å². The molecule has 2 unspecified atom stereocenters. The summed E-state index contributed by atoms with van der Waals surface area (Å²) in [5.74, 6) is 0. The first-order chi connectivity index (χ1) is 19.3. The molecule has 4 N–H and O–H groups in total. The first-order valence-electron chi connectivity index (χ1n) is 13.6. The molecule has 3 aromatic carbocycles. The van der Waals surface area contributed by atoms with Crippen LogP contribution in [-0.4, -0.2) is 12.1 Å². The third-order valence-electron chi connectivity index (χ3n) is 6.94. The van der Waals surface area contributed by atoms with Crippen LogP contribution in [0.4, 0.5) is 28.4 Å². The lowest BCUT2D eigenvalue weighted by Gasteiger charge is -2.31. The molecule has 4 amide bonds. The van der Waals surface area contributed by atoms with Crippen LogP contribution in [0.1, 0.15) is 73.7 Å². The largest absolute Gasteiger partial charge is 0.416 e. The van der Waals surface area contributed by atoms with Crippen LogP contribution in [0.3, 0.4) is 0 Å². The summed E-state index contributed by atoms with van der Waals surface area (Å²) in [6.45, 7) is 0. The maximum absolute atomic E-state index is 13.3. The molecule has 0 bridgehead atoms.